The van der Waals surface area contributed by atoms with E-state index in [4.69, 9.17) is 0 Å². The summed E-state index contributed by atoms with van der Waals surface area (Å²) in [7, 11) is 0. The summed E-state index contributed by atoms with van der Waals surface area (Å²) in [5.74, 6) is -1.28. The Hall–Kier alpha value is -2.25. The number of benzene rings is 1. The van der Waals surface area contributed by atoms with Crippen molar-refractivity contribution in [2.24, 2.45) is 0 Å². The molecule has 0 unspecified atom stereocenters. The van der Waals surface area contributed by atoms with Gasteiger partial charge < -0.3 is 10.2 Å². The number of likely N-dealkylation sites (tertiary alicyclic amines) is 1. The molecule has 1 saturated heterocycles. The Labute approximate surface area is 126 Å². The van der Waals surface area contributed by atoms with Crippen LogP contribution in [-0.4, -0.2) is 49.6 Å². The smallest absolute Gasteiger partial charge is 0.321 e. The number of halogens is 1. The number of rotatable bonds is 4. The van der Waals surface area contributed by atoms with Crippen LogP contribution >= 0.6 is 0 Å². The molecule has 0 spiro atoms. The lowest BCUT2D eigenvalue weighted by atomic mass is 10.2. The fourth-order valence-corrected chi connectivity index (χ4v) is 2.75. The van der Waals surface area contributed by atoms with E-state index in [0.29, 0.717) is 18.8 Å². The molecule has 2 N–H and O–H groups in total. The first-order valence-corrected chi connectivity index (χ1v) is 6.97. The lowest BCUT2D eigenvalue weighted by Gasteiger charge is -2.19. The molecular formula is C15H16FN3O3. The molecule has 6 nitrogen and oxygen atoms in total. The summed E-state index contributed by atoms with van der Waals surface area (Å²) < 4.78 is 14.8. The van der Waals surface area contributed by atoms with Gasteiger partial charge in [0.05, 0.1) is 18.0 Å². The minimum atomic E-state index is -0.936. The highest BCUT2D eigenvalue weighted by atomic mass is 19.1. The molecule has 0 bridgehead atoms. The van der Waals surface area contributed by atoms with Crippen LogP contribution < -0.4 is 0 Å². The van der Waals surface area contributed by atoms with E-state index < -0.39 is 18.1 Å². The largest absolute Gasteiger partial charge is 0.480 e. The normalized spacial score (nSPS) is 22.1. The molecule has 2 atom stereocenters. The zero-order valence-corrected chi connectivity index (χ0v) is 11.8. The average Bonchev–Trinajstić information content (AvgIpc) is 3.06. The third kappa shape index (κ3) is 3.00. The van der Waals surface area contributed by atoms with Crippen molar-refractivity contribution in [2.75, 3.05) is 6.54 Å². The molecule has 0 aliphatic carbocycles. The molecule has 22 heavy (non-hydrogen) atoms. The van der Waals surface area contributed by atoms with Crippen molar-refractivity contribution in [2.45, 2.75) is 25.1 Å². The lowest BCUT2D eigenvalue weighted by Crippen LogP contribution is -2.35. The summed E-state index contributed by atoms with van der Waals surface area (Å²) in [4.78, 5) is 12.9. The van der Waals surface area contributed by atoms with Crippen molar-refractivity contribution in [3.63, 3.8) is 0 Å². The summed E-state index contributed by atoms with van der Waals surface area (Å²) in [6.07, 6.45) is 2.96. The van der Waals surface area contributed by atoms with Crippen LogP contribution in [0.2, 0.25) is 0 Å². The Morgan fingerprint density at radius 2 is 2.27 bits per heavy atom. The van der Waals surface area contributed by atoms with Crippen molar-refractivity contribution in [1.82, 2.24) is 14.7 Å². The Morgan fingerprint density at radius 1 is 1.45 bits per heavy atom. The minimum absolute atomic E-state index is 0.230. The second-order valence-electron chi connectivity index (χ2n) is 5.45. The van der Waals surface area contributed by atoms with Crippen molar-refractivity contribution >= 4 is 5.97 Å². The number of β-amino-alcohol motifs (C(OH)–C–C–N with tert-alkyl or cyclic N) is 1. The molecule has 7 heteroatoms. The molecule has 0 amide bonds. The number of aliphatic carboxylic acids is 1. The number of hydrogen-bond donors (Lipinski definition) is 2. The van der Waals surface area contributed by atoms with Crippen LogP contribution in [0.25, 0.3) is 5.69 Å². The van der Waals surface area contributed by atoms with Crippen molar-refractivity contribution in [3.8, 4) is 5.69 Å². The van der Waals surface area contributed by atoms with E-state index in [1.54, 1.807) is 34.1 Å². The number of hydrogen-bond acceptors (Lipinski definition) is 4. The van der Waals surface area contributed by atoms with E-state index in [-0.39, 0.29) is 12.2 Å². The van der Waals surface area contributed by atoms with Crippen LogP contribution in [0, 0.1) is 5.82 Å². The summed E-state index contributed by atoms with van der Waals surface area (Å²) >= 11 is 0. The van der Waals surface area contributed by atoms with Crippen LogP contribution in [0.15, 0.2) is 36.7 Å². The van der Waals surface area contributed by atoms with Gasteiger partial charge in [-0.1, -0.05) is 6.07 Å². The topological polar surface area (TPSA) is 78.6 Å². The van der Waals surface area contributed by atoms with Gasteiger partial charge in [-0.2, -0.15) is 5.10 Å². The fourth-order valence-electron chi connectivity index (χ4n) is 2.75. The third-order valence-corrected chi connectivity index (χ3v) is 3.76. The molecule has 1 aromatic heterocycles. The van der Waals surface area contributed by atoms with Gasteiger partial charge in [-0.25, -0.2) is 9.07 Å². The van der Waals surface area contributed by atoms with Gasteiger partial charge in [0, 0.05) is 31.3 Å². The number of carboxylic acid groups (broad SMARTS) is 1. The Kier molecular flexibility index (Phi) is 3.91. The number of aliphatic hydroxyl groups excluding tert-OH is 1. The van der Waals surface area contributed by atoms with E-state index in [1.165, 1.54) is 12.1 Å². The standard InChI is InChI=1S/C15H16FN3O3/c16-11-2-1-3-12(4-11)19-8-10(6-17-19)7-18-9-13(20)5-14(18)15(21)22/h1-4,6,8,13-14,20H,5,7,9H2,(H,21,22)/t13-,14+/m1/s1. The highest BCUT2D eigenvalue weighted by molar-refractivity contribution is 5.74. The molecule has 1 fully saturated rings. The second kappa shape index (κ2) is 5.86. The molecule has 1 aliphatic rings. The molecule has 0 saturated carbocycles. The molecule has 116 valence electrons. The maximum absolute atomic E-state index is 13.2. The number of aliphatic hydroxyl groups is 1. The summed E-state index contributed by atoms with van der Waals surface area (Å²) in [6.45, 7) is 0.700. The monoisotopic (exact) mass is 305 g/mol. The van der Waals surface area contributed by atoms with Gasteiger partial charge in [0.15, 0.2) is 0 Å². The van der Waals surface area contributed by atoms with Crippen LogP contribution in [-0.2, 0) is 11.3 Å². The Balaban J connectivity index is 1.76. The molecular weight excluding hydrogens is 289 g/mol. The van der Waals surface area contributed by atoms with E-state index in [0.717, 1.165) is 5.56 Å². The first-order valence-electron chi connectivity index (χ1n) is 6.97. The van der Waals surface area contributed by atoms with Crippen LogP contribution in [0.5, 0.6) is 0 Å². The predicted octanol–water partition coefficient (Wildman–Crippen LogP) is 1.03. The summed E-state index contributed by atoms with van der Waals surface area (Å²) in [6, 6.07) is 5.38. The minimum Gasteiger partial charge on any atom is -0.480 e. The van der Waals surface area contributed by atoms with Gasteiger partial charge in [-0.15, -0.1) is 0 Å². The van der Waals surface area contributed by atoms with Gasteiger partial charge in [-0.05, 0) is 18.2 Å². The maximum Gasteiger partial charge on any atom is 0.321 e. The third-order valence-electron chi connectivity index (χ3n) is 3.76. The quantitative estimate of drug-likeness (QED) is 0.882. The van der Waals surface area contributed by atoms with E-state index in [2.05, 4.69) is 5.10 Å². The van der Waals surface area contributed by atoms with Crippen molar-refractivity contribution < 1.29 is 19.4 Å². The van der Waals surface area contributed by atoms with Crippen LogP contribution in [0.4, 0.5) is 4.39 Å². The van der Waals surface area contributed by atoms with E-state index in [9.17, 15) is 19.4 Å². The SMILES string of the molecule is O=C(O)[C@@H]1C[C@@H](O)CN1Cc1cnn(-c2cccc(F)c2)c1. The van der Waals surface area contributed by atoms with Crippen molar-refractivity contribution in [3.05, 3.63) is 48.0 Å². The molecule has 2 aromatic rings. The first-order chi connectivity index (χ1) is 10.5. The highest BCUT2D eigenvalue weighted by Crippen LogP contribution is 2.21. The number of carbonyl (C=O) groups is 1. The fraction of sp³-hybridized carbons (Fsp3) is 0.333. The van der Waals surface area contributed by atoms with Gasteiger partial charge in [0.2, 0.25) is 0 Å². The van der Waals surface area contributed by atoms with E-state index >= 15 is 0 Å². The second-order valence-corrected chi connectivity index (χ2v) is 5.45. The molecule has 3 rings (SSSR count). The van der Waals surface area contributed by atoms with Crippen molar-refractivity contribution in [1.29, 1.82) is 0 Å². The van der Waals surface area contributed by atoms with Gasteiger partial charge in [0.1, 0.15) is 11.9 Å². The predicted molar refractivity (Wildman–Crippen MR) is 76.0 cm³/mol. The van der Waals surface area contributed by atoms with Gasteiger partial charge >= 0.3 is 5.97 Å². The molecule has 0 radical (unpaired) electrons. The van der Waals surface area contributed by atoms with Gasteiger partial charge in [0.25, 0.3) is 0 Å². The Bertz CT molecular complexity index is 688. The molecule has 2 heterocycles. The zero-order valence-electron chi connectivity index (χ0n) is 11.8. The lowest BCUT2D eigenvalue weighted by molar-refractivity contribution is -0.142. The van der Waals surface area contributed by atoms with Gasteiger partial charge in [-0.3, -0.25) is 9.69 Å². The number of carboxylic acids is 1. The molecule has 1 aliphatic heterocycles. The first kappa shape index (κ1) is 14.7. The zero-order chi connectivity index (χ0) is 15.7. The summed E-state index contributed by atoms with van der Waals surface area (Å²) in [5.41, 5.74) is 1.41. The van der Waals surface area contributed by atoms with E-state index in [1.807, 2.05) is 0 Å². The van der Waals surface area contributed by atoms with Crippen LogP contribution in [0.3, 0.4) is 0 Å². The number of nitrogens with zero attached hydrogens (tertiary/aromatic N) is 3. The maximum atomic E-state index is 13.2. The summed E-state index contributed by atoms with van der Waals surface area (Å²) in [5, 5.41) is 23.0. The Morgan fingerprint density at radius 3 is 3.00 bits per heavy atom. The molecule has 1 aromatic carbocycles. The highest BCUT2D eigenvalue weighted by Gasteiger charge is 2.35. The average molecular weight is 305 g/mol. The number of aromatic nitrogens is 2. The van der Waals surface area contributed by atoms with Crippen LogP contribution in [0.1, 0.15) is 12.0 Å².